The maximum atomic E-state index is 14.5. The third-order valence-corrected chi connectivity index (χ3v) is 5.51. The Morgan fingerprint density at radius 3 is 2.64 bits per heavy atom. The van der Waals surface area contributed by atoms with Crippen molar-refractivity contribution in [1.29, 1.82) is 0 Å². The van der Waals surface area contributed by atoms with Gasteiger partial charge in [-0.05, 0) is 57.8 Å². The summed E-state index contributed by atoms with van der Waals surface area (Å²) in [4.78, 5) is 22.9. The fraction of sp³-hybridized carbons (Fsp3) is 0.150. The zero-order valence-corrected chi connectivity index (χ0v) is 15.7. The SMILES string of the molecule is CN1C(=O)C(c2ccnc(CF)c2)(c2ccc(F)c(-c3ccsc3)c2)N=C1N. The van der Waals surface area contributed by atoms with Gasteiger partial charge in [-0.1, -0.05) is 6.07 Å². The summed E-state index contributed by atoms with van der Waals surface area (Å²) in [5.41, 5.74) is 6.53. The second-order valence-corrected chi connectivity index (χ2v) is 7.20. The Bertz CT molecular complexity index is 1080. The van der Waals surface area contributed by atoms with Crippen LogP contribution < -0.4 is 5.73 Å². The quantitative estimate of drug-likeness (QED) is 0.732. The van der Waals surface area contributed by atoms with Crippen molar-refractivity contribution < 1.29 is 13.6 Å². The van der Waals surface area contributed by atoms with E-state index in [0.717, 1.165) is 0 Å². The minimum atomic E-state index is -1.52. The van der Waals surface area contributed by atoms with Crippen LogP contribution in [-0.4, -0.2) is 28.8 Å². The summed E-state index contributed by atoms with van der Waals surface area (Å²) in [5.74, 6) is -0.777. The van der Waals surface area contributed by atoms with Crippen LogP contribution >= 0.6 is 11.3 Å². The molecular weight excluding hydrogens is 382 g/mol. The molecule has 0 spiro atoms. The van der Waals surface area contributed by atoms with Gasteiger partial charge in [-0.15, -0.1) is 0 Å². The van der Waals surface area contributed by atoms with Gasteiger partial charge in [0.2, 0.25) is 0 Å². The lowest BCUT2D eigenvalue weighted by atomic mass is 9.82. The molecule has 3 heterocycles. The van der Waals surface area contributed by atoms with Crippen molar-refractivity contribution in [2.45, 2.75) is 12.2 Å². The van der Waals surface area contributed by atoms with Crippen LogP contribution in [0.2, 0.25) is 0 Å². The lowest BCUT2D eigenvalue weighted by molar-refractivity contribution is -0.129. The van der Waals surface area contributed by atoms with Gasteiger partial charge >= 0.3 is 0 Å². The minimum Gasteiger partial charge on any atom is -0.369 e. The van der Waals surface area contributed by atoms with E-state index in [4.69, 9.17) is 5.73 Å². The summed E-state index contributed by atoms with van der Waals surface area (Å²) in [5, 5.41) is 3.67. The number of carbonyl (C=O) groups excluding carboxylic acids is 1. The average Bonchev–Trinajstić information content (AvgIpc) is 3.32. The number of halogens is 2. The molecule has 1 aromatic carbocycles. The Morgan fingerprint density at radius 2 is 2.00 bits per heavy atom. The second-order valence-electron chi connectivity index (χ2n) is 6.42. The van der Waals surface area contributed by atoms with Crippen molar-refractivity contribution >= 4 is 23.2 Å². The summed E-state index contributed by atoms with van der Waals surface area (Å²) in [6.45, 7) is -0.781. The maximum absolute atomic E-state index is 14.5. The number of guanidine groups is 1. The second kappa shape index (κ2) is 6.79. The lowest BCUT2D eigenvalue weighted by Gasteiger charge is -2.26. The van der Waals surface area contributed by atoms with E-state index in [1.54, 1.807) is 18.2 Å². The van der Waals surface area contributed by atoms with E-state index >= 15 is 0 Å². The predicted octanol–water partition coefficient (Wildman–Crippen LogP) is 3.45. The molecule has 4 rings (SSSR count). The van der Waals surface area contributed by atoms with Crippen molar-refractivity contribution in [3.05, 3.63) is 76.0 Å². The number of nitrogens with zero attached hydrogens (tertiary/aromatic N) is 3. The minimum absolute atomic E-state index is 0.0324. The molecule has 2 aromatic heterocycles. The molecule has 0 bridgehead atoms. The van der Waals surface area contributed by atoms with Gasteiger partial charge in [-0.25, -0.2) is 13.8 Å². The molecule has 0 saturated heterocycles. The van der Waals surface area contributed by atoms with Crippen LogP contribution in [0.3, 0.4) is 0 Å². The Labute approximate surface area is 164 Å². The summed E-state index contributed by atoms with van der Waals surface area (Å²) < 4.78 is 27.7. The van der Waals surface area contributed by atoms with Crippen LogP contribution in [-0.2, 0) is 17.0 Å². The smallest absolute Gasteiger partial charge is 0.266 e. The first-order valence-corrected chi connectivity index (χ1v) is 9.39. The van der Waals surface area contributed by atoms with E-state index in [1.807, 2.05) is 10.8 Å². The number of amides is 1. The molecule has 1 atom stereocenters. The van der Waals surface area contributed by atoms with Crippen LogP contribution in [0.4, 0.5) is 8.78 Å². The molecule has 142 valence electrons. The molecule has 0 aliphatic carbocycles. The molecule has 1 aliphatic rings. The summed E-state index contributed by atoms with van der Waals surface area (Å²) in [7, 11) is 1.52. The van der Waals surface area contributed by atoms with Crippen LogP contribution in [0.5, 0.6) is 0 Å². The Morgan fingerprint density at radius 1 is 1.21 bits per heavy atom. The van der Waals surface area contributed by atoms with Crippen LogP contribution in [0, 0.1) is 5.82 Å². The average molecular weight is 398 g/mol. The van der Waals surface area contributed by atoms with Gasteiger partial charge in [0, 0.05) is 18.8 Å². The first-order chi connectivity index (χ1) is 13.5. The number of alkyl halides is 1. The van der Waals surface area contributed by atoms with Gasteiger partial charge in [0.25, 0.3) is 5.91 Å². The molecule has 2 N–H and O–H groups in total. The number of thiophene rings is 1. The number of hydrogen-bond donors (Lipinski definition) is 1. The molecular formula is C20H16F2N4OS. The van der Waals surface area contributed by atoms with Gasteiger partial charge in [-0.2, -0.15) is 11.3 Å². The number of benzene rings is 1. The maximum Gasteiger partial charge on any atom is 0.266 e. The Kier molecular flexibility index (Phi) is 4.43. The first kappa shape index (κ1) is 18.2. The Hall–Kier alpha value is -3.13. The zero-order valence-electron chi connectivity index (χ0n) is 14.9. The first-order valence-electron chi connectivity index (χ1n) is 8.45. The molecule has 1 unspecified atom stereocenters. The van der Waals surface area contributed by atoms with Crippen molar-refractivity contribution in [3.63, 3.8) is 0 Å². The van der Waals surface area contributed by atoms with Gasteiger partial charge in [0.05, 0.1) is 5.69 Å². The summed E-state index contributed by atoms with van der Waals surface area (Å²) in [6, 6.07) is 9.30. The fourth-order valence-electron chi connectivity index (χ4n) is 3.35. The monoisotopic (exact) mass is 398 g/mol. The molecule has 28 heavy (non-hydrogen) atoms. The largest absolute Gasteiger partial charge is 0.369 e. The van der Waals surface area contributed by atoms with Gasteiger partial charge in [0.1, 0.15) is 12.5 Å². The van der Waals surface area contributed by atoms with Crippen LogP contribution in [0.25, 0.3) is 11.1 Å². The summed E-state index contributed by atoms with van der Waals surface area (Å²) >= 11 is 1.44. The van der Waals surface area contributed by atoms with Crippen LogP contribution in [0.1, 0.15) is 16.8 Å². The molecule has 3 aromatic rings. The van der Waals surface area contributed by atoms with E-state index < -0.39 is 23.9 Å². The molecule has 0 saturated carbocycles. The number of pyridine rings is 1. The number of likely N-dealkylation sites (N-methyl/N-ethyl adjacent to an activating group) is 1. The third kappa shape index (κ3) is 2.68. The highest BCUT2D eigenvalue weighted by molar-refractivity contribution is 7.08. The van der Waals surface area contributed by atoms with Crippen molar-refractivity contribution in [3.8, 4) is 11.1 Å². The van der Waals surface area contributed by atoms with Gasteiger partial charge in [0.15, 0.2) is 11.5 Å². The molecule has 5 nitrogen and oxygen atoms in total. The van der Waals surface area contributed by atoms with Gasteiger partial charge < -0.3 is 5.73 Å². The molecule has 1 aliphatic heterocycles. The molecule has 0 radical (unpaired) electrons. The predicted molar refractivity (Wildman–Crippen MR) is 104 cm³/mol. The van der Waals surface area contributed by atoms with E-state index in [2.05, 4.69) is 9.98 Å². The number of nitrogens with two attached hydrogens (primary N) is 1. The zero-order chi connectivity index (χ0) is 19.9. The fourth-order valence-corrected chi connectivity index (χ4v) is 4.01. The standard InChI is InChI=1S/C20H16F2N4OS/c1-26-18(27)20(25-19(26)23,14-4-6-24-15(8-14)10-21)13-2-3-17(22)16(9-13)12-5-7-28-11-12/h2-9,11H,10H2,1H3,(H2,23,25). The number of hydrogen-bond acceptors (Lipinski definition) is 5. The van der Waals surface area contributed by atoms with Crippen molar-refractivity contribution in [2.75, 3.05) is 7.05 Å². The highest BCUT2D eigenvalue weighted by atomic mass is 32.1. The number of aliphatic imine (C=N–C) groups is 1. The van der Waals surface area contributed by atoms with Gasteiger partial charge in [-0.3, -0.25) is 14.7 Å². The van der Waals surface area contributed by atoms with Crippen molar-refractivity contribution in [1.82, 2.24) is 9.88 Å². The topological polar surface area (TPSA) is 71.6 Å². The van der Waals surface area contributed by atoms with Crippen LogP contribution in [0.15, 0.2) is 58.3 Å². The van der Waals surface area contributed by atoms with Crippen molar-refractivity contribution in [2.24, 2.45) is 10.7 Å². The third-order valence-electron chi connectivity index (χ3n) is 4.83. The molecule has 1 amide bonds. The van der Waals surface area contributed by atoms with E-state index in [9.17, 15) is 13.6 Å². The van der Waals surface area contributed by atoms with E-state index in [1.165, 1.54) is 47.7 Å². The van der Waals surface area contributed by atoms with E-state index in [-0.39, 0.29) is 11.7 Å². The number of carbonyl (C=O) groups is 1. The highest BCUT2D eigenvalue weighted by Gasteiger charge is 2.49. The molecule has 8 heteroatoms. The summed E-state index contributed by atoms with van der Waals surface area (Å²) in [6.07, 6.45) is 1.42. The normalized spacial score (nSPS) is 19.2. The molecule has 0 fully saturated rings. The number of rotatable bonds is 4. The number of aromatic nitrogens is 1. The highest BCUT2D eigenvalue weighted by Crippen LogP contribution is 2.41. The van der Waals surface area contributed by atoms with E-state index in [0.29, 0.717) is 22.3 Å². The Balaban J connectivity index is 1.98. The lowest BCUT2D eigenvalue weighted by Crippen LogP contribution is -2.41.